The van der Waals surface area contributed by atoms with E-state index in [0.29, 0.717) is 17.8 Å². The van der Waals surface area contributed by atoms with E-state index in [4.69, 9.17) is 21.3 Å². The number of hydrogen-bond acceptors (Lipinski definition) is 5. The summed E-state index contributed by atoms with van der Waals surface area (Å²) in [5, 5.41) is 0.566. The molecule has 5 nitrogen and oxygen atoms in total. The second-order valence-corrected chi connectivity index (χ2v) is 6.12. The van der Waals surface area contributed by atoms with Crippen LogP contribution in [0.5, 0.6) is 0 Å². The molecular weight excluding hydrogens is 276 g/mol. The third kappa shape index (κ3) is 2.96. The van der Waals surface area contributed by atoms with Crippen molar-refractivity contribution >= 4 is 11.6 Å². The fraction of sp³-hybridized carbons (Fsp3) is 0.714. The molecule has 0 spiro atoms. The zero-order chi connectivity index (χ0) is 14.1. The Morgan fingerprint density at radius 2 is 2.15 bits per heavy atom. The molecule has 2 aliphatic heterocycles. The lowest BCUT2D eigenvalue weighted by atomic mass is 10.1. The number of ether oxygens (including phenoxy) is 1. The van der Waals surface area contributed by atoms with Gasteiger partial charge in [0.2, 0.25) is 0 Å². The second-order valence-electron chi connectivity index (χ2n) is 5.76. The summed E-state index contributed by atoms with van der Waals surface area (Å²) in [6.07, 6.45) is 1.69. The van der Waals surface area contributed by atoms with E-state index in [9.17, 15) is 0 Å². The number of aromatic nitrogens is 2. The molecule has 2 aliphatic rings. The zero-order valence-corrected chi connectivity index (χ0v) is 12.9. The Kier molecular flexibility index (Phi) is 4.21. The van der Waals surface area contributed by atoms with Crippen LogP contribution in [0.4, 0.5) is 0 Å². The van der Waals surface area contributed by atoms with E-state index in [2.05, 4.69) is 28.9 Å². The van der Waals surface area contributed by atoms with Gasteiger partial charge in [-0.25, -0.2) is 9.97 Å². The van der Waals surface area contributed by atoms with Gasteiger partial charge in [0.15, 0.2) is 0 Å². The average Bonchev–Trinajstić information content (AvgIpc) is 2.43. The largest absolute Gasteiger partial charge is 0.376 e. The lowest BCUT2D eigenvalue weighted by Gasteiger charge is -2.37. The van der Waals surface area contributed by atoms with Crippen molar-refractivity contribution in [3.63, 3.8) is 0 Å². The maximum Gasteiger partial charge on any atom is 0.138 e. The van der Waals surface area contributed by atoms with Crippen LogP contribution >= 0.6 is 11.6 Å². The van der Waals surface area contributed by atoms with Crippen molar-refractivity contribution in [3.8, 4) is 0 Å². The van der Waals surface area contributed by atoms with Gasteiger partial charge >= 0.3 is 0 Å². The third-order valence-electron chi connectivity index (χ3n) is 4.22. The molecule has 0 radical (unpaired) electrons. The topological polar surface area (TPSA) is 41.5 Å². The van der Waals surface area contributed by atoms with Crippen LogP contribution in [-0.2, 0) is 24.2 Å². The molecule has 20 heavy (non-hydrogen) atoms. The fourth-order valence-corrected chi connectivity index (χ4v) is 3.13. The highest BCUT2D eigenvalue weighted by atomic mass is 35.5. The summed E-state index contributed by atoms with van der Waals surface area (Å²) in [5.41, 5.74) is 2.04. The molecular formula is C14H21ClN4O. The molecule has 1 atom stereocenters. The van der Waals surface area contributed by atoms with Crippen LogP contribution in [0.15, 0.2) is 0 Å². The van der Waals surface area contributed by atoms with E-state index in [1.807, 2.05) is 0 Å². The molecule has 1 fully saturated rings. The van der Waals surface area contributed by atoms with Crippen LogP contribution in [-0.4, -0.2) is 66.1 Å². The first-order valence-electron chi connectivity index (χ1n) is 7.14. The number of fused-ring (bicyclic) bond motifs is 1. The summed E-state index contributed by atoms with van der Waals surface area (Å²) in [7, 11) is 4.34. The fourth-order valence-electron chi connectivity index (χ4n) is 2.86. The standard InChI is InChI=1S/C14H21ClN4O/c1-18-4-5-19(2)10(8-18)7-13-16-12-3-6-20-9-11(12)14(15)17-13/h10H,3-9H2,1-2H3. The quantitative estimate of drug-likeness (QED) is 0.762. The first kappa shape index (κ1) is 14.2. The van der Waals surface area contributed by atoms with Gasteiger partial charge in [-0.1, -0.05) is 11.6 Å². The predicted octanol–water partition coefficient (Wildman–Crippen LogP) is 0.991. The van der Waals surface area contributed by atoms with Gasteiger partial charge in [-0.15, -0.1) is 0 Å². The van der Waals surface area contributed by atoms with Gasteiger partial charge in [0.05, 0.1) is 18.9 Å². The summed E-state index contributed by atoms with van der Waals surface area (Å²) in [5.74, 6) is 0.864. The molecule has 1 aromatic rings. The SMILES string of the molecule is CN1CCN(C)C(Cc2nc(Cl)c3c(n2)CCOC3)C1. The highest BCUT2D eigenvalue weighted by Crippen LogP contribution is 2.23. The van der Waals surface area contributed by atoms with E-state index in [1.54, 1.807) is 0 Å². The third-order valence-corrected chi connectivity index (χ3v) is 4.53. The highest BCUT2D eigenvalue weighted by molar-refractivity contribution is 6.30. The molecule has 3 heterocycles. The van der Waals surface area contributed by atoms with Gasteiger partial charge in [-0.3, -0.25) is 0 Å². The first-order chi connectivity index (χ1) is 9.63. The molecule has 0 amide bonds. The maximum absolute atomic E-state index is 6.27. The maximum atomic E-state index is 6.27. The molecule has 0 saturated carbocycles. The summed E-state index contributed by atoms with van der Waals surface area (Å²) in [6.45, 7) is 4.54. The Labute approximate surface area is 124 Å². The minimum Gasteiger partial charge on any atom is -0.376 e. The van der Waals surface area contributed by atoms with Crippen LogP contribution < -0.4 is 0 Å². The smallest absolute Gasteiger partial charge is 0.138 e. The number of rotatable bonds is 2. The number of nitrogens with zero attached hydrogens (tertiary/aromatic N) is 4. The lowest BCUT2D eigenvalue weighted by Crippen LogP contribution is -2.51. The first-order valence-corrected chi connectivity index (χ1v) is 7.52. The molecule has 0 N–H and O–H groups in total. The van der Waals surface area contributed by atoms with Crippen molar-refractivity contribution in [1.29, 1.82) is 0 Å². The minimum absolute atomic E-state index is 0.461. The normalized spacial score (nSPS) is 24.6. The molecule has 1 saturated heterocycles. The summed E-state index contributed by atoms with van der Waals surface area (Å²) >= 11 is 6.27. The van der Waals surface area contributed by atoms with Gasteiger partial charge < -0.3 is 14.5 Å². The molecule has 3 rings (SSSR count). The molecule has 110 valence electrons. The Balaban J connectivity index is 1.78. The Morgan fingerprint density at radius 1 is 1.30 bits per heavy atom. The van der Waals surface area contributed by atoms with Crippen LogP contribution in [0, 0.1) is 0 Å². The number of piperazine rings is 1. The number of likely N-dealkylation sites (N-methyl/N-ethyl adjacent to an activating group) is 2. The Morgan fingerprint density at radius 3 is 3.00 bits per heavy atom. The van der Waals surface area contributed by atoms with E-state index >= 15 is 0 Å². The summed E-state index contributed by atoms with van der Waals surface area (Å²) in [4.78, 5) is 13.9. The van der Waals surface area contributed by atoms with Crippen LogP contribution in [0.3, 0.4) is 0 Å². The van der Waals surface area contributed by atoms with E-state index in [0.717, 1.165) is 56.2 Å². The van der Waals surface area contributed by atoms with Crippen molar-refractivity contribution in [2.75, 3.05) is 40.3 Å². The summed E-state index contributed by atoms with van der Waals surface area (Å²) in [6, 6.07) is 0.461. The molecule has 1 unspecified atom stereocenters. The van der Waals surface area contributed by atoms with Gasteiger partial charge in [-0.05, 0) is 14.1 Å². The van der Waals surface area contributed by atoms with Crippen LogP contribution in [0.25, 0.3) is 0 Å². The van der Waals surface area contributed by atoms with Crippen molar-refractivity contribution < 1.29 is 4.74 Å². The van der Waals surface area contributed by atoms with Crippen molar-refractivity contribution in [1.82, 2.24) is 19.8 Å². The molecule has 0 aliphatic carbocycles. The minimum atomic E-state index is 0.461. The van der Waals surface area contributed by atoms with Gasteiger partial charge in [0.25, 0.3) is 0 Å². The van der Waals surface area contributed by atoms with Crippen molar-refractivity contribution in [3.05, 3.63) is 22.2 Å². The summed E-state index contributed by atoms with van der Waals surface area (Å²) < 4.78 is 5.42. The predicted molar refractivity (Wildman–Crippen MR) is 78.0 cm³/mol. The van der Waals surface area contributed by atoms with E-state index in [-0.39, 0.29) is 0 Å². The zero-order valence-electron chi connectivity index (χ0n) is 12.1. The molecule has 0 aromatic carbocycles. The molecule has 6 heteroatoms. The average molecular weight is 297 g/mol. The monoisotopic (exact) mass is 296 g/mol. The number of hydrogen-bond donors (Lipinski definition) is 0. The molecule has 0 bridgehead atoms. The van der Waals surface area contributed by atoms with Crippen LogP contribution in [0.1, 0.15) is 17.1 Å². The second kappa shape index (κ2) is 5.93. The van der Waals surface area contributed by atoms with E-state index in [1.165, 1.54) is 0 Å². The Hall–Kier alpha value is -0.750. The number of halogens is 1. The van der Waals surface area contributed by atoms with Crippen molar-refractivity contribution in [2.24, 2.45) is 0 Å². The van der Waals surface area contributed by atoms with Crippen molar-refractivity contribution in [2.45, 2.75) is 25.5 Å². The van der Waals surface area contributed by atoms with Gasteiger partial charge in [0, 0.05) is 44.1 Å². The molecule has 1 aromatic heterocycles. The van der Waals surface area contributed by atoms with Crippen LogP contribution in [0.2, 0.25) is 5.15 Å². The Bertz CT molecular complexity index is 496. The lowest BCUT2D eigenvalue weighted by molar-refractivity contribution is 0.107. The highest BCUT2D eigenvalue weighted by Gasteiger charge is 2.25. The van der Waals surface area contributed by atoms with E-state index < -0.39 is 0 Å². The van der Waals surface area contributed by atoms with Gasteiger partial charge in [-0.2, -0.15) is 0 Å². The van der Waals surface area contributed by atoms with Gasteiger partial charge in [0.1, 0.15) is 11.0 Å².